The molecular formula is C10H18F2N2O2. The number of amides is 1. The molecule has 0 radical (unpaired) electrons. The molecule has 0 unspecified atom stereocenters. The van der Waals surface area contributed by atoms with E-state index in [-0.39, 0.29) is 25.3 Å². The first-order chi connectivity index (χ1) is 7.09. The summed E-state index contributed by atoms with van der Waals surface area (Å²) in [6.45, 7) is 5.27. The average Bonchev–Trinajstić information content (AvgIpc) is 1.97. The Morgan fingerprint density at radius 1 is 1.50 bits per heavy atom. The minimum atomic E-state index is -2.58. The van der Waals surface area contributed by atoms with Crippen molar-refractivity contribution in [2.45, 2.75) is 45.1 Å². The van der Waals surface area contributed by atoms with Gasteiger partial charge in [-0.3, -0.25) is 0 Å². The highest BCUT2D eigenvalue weighted by molar-refractivity contribution is 5.67. The van der Waals surface area contributed by atoms with Gasteiger partial charge in [0.25, 0.3) is 0 Å². The molecule has 0 atom stereocenters. The Kier molecular flexibility index (Phi) is 3.42. The number of hydrogen-bond acceptors (Lipinski definition) is 3. The summed E-state index contributed by atoms with van der Waals surface area (Å²) in [6.07, 6.45) is -1.09. The molecule has 0 aromatic rings. The van der Waals surface area contributed by atoms with Gasteiger partial charge in [-0.15, -0.1) is 0 Å². The van der Waals surface area contributed by atoms with E-state index in [1.54, 1.807) is 20.8 Å². The van der Waals surface area contributed by atoms with Crippen LogP contribution in [0.4, 0.5) is 13.6 Å². The highest BCUT2D eigenvalue weighted by atomic mass is 19.3. The lowest BCUT2D eigenvalue weighted by Crippen LogP contribution is -2.48. The van der Waals surface area contributed by atoms with Gasteiger partial charge in [-0.1, -0.05) is 0 Å². The zero-order chi connectivity index (χ0) is 12.6. The van der Waals surface area contributed by atoms with Crippen LogP contribution in [0.15, 0.2) is 0 Å². The topological polar surface area (TPSA) is 55.6 Å². The third-order valence-corrected chi connectivity index (χ3v) is 2.26. The highest BCUT2D eigenvalue weighted by Gasteiger charge is 2.46. The van der Waals surface area contributed by atoms with Crippen LogP contribution in [0, 0.1) is 5.92 Å². The Morgan fingerprint density at radius 2 is 2.00 bits per heavy atom. The molecule has 16 heavy (non-hydrogen) atoms. The maximum atomic E-state index is 12.5. The van der Waals surface area contributed by atoms with Crippen molar-refractivity contribution in [1.82, 2.24) is 5.01 Å². The zero-order valence-electron chi connectivity index (χ0n) is 9.80. The summed E-state index contributed by atoms with van der Waals surface area (Å²) in [6, 6.07) is 0. The summed E-state index contributed by atoms with van der Waals surface area (Å²) >= 11 is 0. The van der Waals surface area contributed by atoms with Crippen molar-refractivity contribution in [3.8, 4) is 0 Å². The SMILES string of the molecule is CC(C)(C)OC(=O)N(N)CC1CC(F)(F)C1. The molecule has 0 aliphatic heterocycles. The molecule has 6 heteroatoms. The quantitative estimate of drug-likeness (QED) is 0.454. The molecule has 0 spiro atoms. The molecule has 0 bridgehead atoms. The molecule has 1 fully saturated rings. The van der Waals surface area contributed by atoms with Gasteiger partial charge in [0.15, 0.2) is 0 Å². The number of hydrazine groups is 1. The van der Waals surface area contributed by atoms with Gasteiger partial charge < -0.3 is 4.74 Å². The van der Waals surface area contributed by atoms with Crippen molar-refractivity contribution in [3.05, 3.63) is 0 Å². The van der Waals surface area contributed by atoms with Crippen molar-refractivity contribution in [1.29, 1.82) is 0 Å². The zero-order valence-corrected chi connectivity index (χ0v) is 9.80. The second kappa shape index (κ2) is 4.16. The first kappa shape index (κ1) is 13.2. The number of hydrogen-bond donors (Lipinski definition) is 1. The van der Waals surface area contributed by atoms with E-state index in [0.29, 0.717) is 0 Å². The van der Waals surface area contributed by atoms with Crippen molar-refractivity contribution < 1.29 is 18.3 Å². The van der Waals surface area contributed by atoms with Crippen LogP contribution in [0.5, 0.6) is 0 Å². The standard InChI is InChI=1S/C10H18F2N2O2/c1-9(2,3)16-8(15)14(13)6-7-4-10(11,12)5-7/h7H,4-6,13H2,1-3H3. The molecule has 4 nitrogen and oxygen atoms in total. The van der Waals surface area contributed by atoms with Gasteiger partial charge in [-0.05, 0) is 26.7 Å². The van der Waals surface area contributed by atoms with Crippen LogP contribution < -0.4 is 5.84 Å². The summed E-state index contributed by atoms with van der Waals surface area (Å²) in [4.78, 5) is 11.4. The first-order valence-corrected chi connectivity index (χ1v) is 5.22. The molecule has 1 saturated carbocycles. The predicted molar refractivity (Wildman–Crippen MR) is 54.8 cm³/mol. The van der Waals surface area contributed by atoms with Crippen LogP contribution in [0.3, 0.4) is 0 Å². The monoisotopic (exact) mass is 236 g/mol. The minimum Gasteiger partial charge on any atom is -0.443 e. The number of carbonyl (C=O) groups is 1. The van der Waals surface area contributed by atoms with E-state index in [9.17, 15) is 13.6 Å². The smallest absolute Gasteiger partial charge is 0.424 e. The number of ether oxygens (including phenoxy) is 1. The summed E-state index contributed by atoms with van der Waals surface area (Å²) < 4.78 is 30.1. The van der Waals surface area contributed by atoms with E-state index < -0.39 is 17.6 Å². The van der Waals surface area contributed by atoms with E-state index in [0.717, 1.165) is 5.01 Å². The van der Waals surface area contributed by atoms with E-state index in [2.05, 4.69) is 0 Å². The van der Waals surface area contributed by atoms with E-state index >= 15 is 0 Å². The largest absolute Gasteiger partial charge is 0.443 e. The maximum absolute atomic E-state index is 12.5. The van der Waals surface area contributed by atoms with Gasteiger partial charge in [0.1, 0.15) is 5.60 Å². The molecule has 2 N–H and O–H groups in total. The number of halogens is 2. The highest BCUT2D eigenvalue weighted by Crippen LogP contribution is 2.42. The van der Waals surface area contributed by atoms with Gasteiger partial charge >= 0.3 is 6.09 Å². The number of nitrogens with two attached hydrogens (primary N) is 1. The normalized spacial score (nSPS) is 20.1. The maximum Gasteiger partial charge on any atom is 0.424 e. The third kappa shape index (κ3) is 3.92. The second-order valence-electron chi connectivity index (χ2n) is 5.26. The molecule has 94 valence electrons. The molecule has 0 saturated heterocycles. The Hall–Kier alpha value is -0.910. The molecule has 0 heterocycles. The lowest BCUT2D eigenvalue weighted by atomic mass is 9.81. The van der Waals surface area contributed by atoms with Gasteiger partial charge in [-0.25, -0.2) is 24.4 Å². The first-order valence-electron chi connectivity index (χ1n) is 5.22. The van der Waals surface area contributed by atoms with Gasteiger partial charge in [0, 0.05) is 19.4 Å². The second-order valence-corrected chi connectivity index (χ2v) is 5.26. The fourth-order valence-electron chi connectivity index (χ4n) is 1.59. The van der Waals surface area contributed by atoms with E-state index in [4.69, 9.17) is 10.6 Å². The minimum absolute atomic E-state index is 0.116. The van der Waals surface area contributed by atoms with Crippen LogP contribution in [0.25, 0.3) is 0 Å². The van der Waals surface area contributed by atoms with Crippen LogP contribution in [-0.4, -0.2) is 29.2 Å². The van der Waals surface area contributed by atoms with Crippen molar-refractivity contribution in [3.63, 3.8) is 0 Å². The lowest BCUT2D eigenvalue weighted by molar-refractivity contribution is -0.116. The summed E-state index contributed by atoms with van der Waals surface area (Å²) in [7, 11) is 0. The molecular weight excluding hydrogens is 218 g/mol. The van der Waals surface area contributed by atoms with Crippen LogP contribution in [0.1, 0.15) is 33.6 Å². The van der Waals surface area contributed by atoms with E-state index in [1.165, 1.54) is 0 Å². The average molecular weight is 236 g/mol. The summed E-state index contributed by atoms with van der Waals surface area (Å²) in [5, 5.41) is 0.866. The van der Waals surface area contributed by atoms with Crippen molar-refractivity contribution >= 4 is 6.09 Å². The summed E-state index contributed by atoms with van der Waals surface area (Å²) in [5.74, 6) is 2.62. The Bertz CT molecular complexity index is 268. The Labute approximate surface area is 93.7 Å². The van der Waals surface area contributed by atoms with Crippen molar-refractivity contribution in [2.24, 2.45) is 11.8 Å². The number of alkyl halides is 2. The lowest BCUT2D eigenvalue weighted by Gasteiger charge is -2.37. The molecule has 0 aromatic heterocycles. The predicted octanol–water partition coefficient (Wildman–Crippen LogP) is 2.14. The molecule has 1 amide bonds. The Morgan fingerprint density at radius 3 is 2.38 bits per heavy atom. The molecule has 0 aromatic carbocycles. The van der Waals surface area contributed by atoms with Crippen LogP contribution in [-0.2, 0) is 4.74 Å². The number of carbonyl (C=O) groups excluding carboxylic acids is 1. The third-order valence-electron chi connectivity index (χ3n) is 2.26. The van der Waals surface area contributed by atoms with E-state index in [1.807, 2.05) is 0 Å². The molecule has 1 aliphatic carbocycles. The molecule has 1 aliphatic rings. The van der Waals surface area contributed by atoms with Crippen LogP contribution in [0.2, 0.25) is 0 Å². The molecule has 1 rings (SSSR count). The fraction of sp³-hybridized carbons (Fsp3) is 0.900. The Balaban J connectivity index is 2.31. The van der Waals surface area contributed by atoms with Gasteiger partial charge in [0.05, 0.1) is 0 Å². The van der Waals surface area contributed by atoms with Gasteiger partial charge in [0.2, 0.25) is 5.92 Å². The number of rotatable bonds is 2. The number of nitrogens with zero attached hydrogens (tertiary/aromatic N) is 1. The van der Waals surface area contributed by atoms with Gasteiger partial charge in [-0.2, -0.15) is 0 Å². The summed E-state index contributed by atoms with van der Waals surface area (Å²) in [5.41, 5.74) is -0.627. The van der Waals surface area contributed by atoms with Crippen LogP contribution >= 0.6 is 0 Å². The fourth-order valence-corrected chi connectivity index (χ4v) is 1.59. The van der Waals surface area contributed by atoms with Crippen molar-refractivity contribution in [2.75, 3.05) is 6.54 Å².